The molecule has 0 heterocycles. The van der Waals surface area contributed by atoms with Crippen molar-refractivity contribution in [1.82, 2.24) is 0 Å². The Balaban J connectivity index is 3.17. The molecule has 0 atom stereocenters. The second-order valence-corrected chi connectivity index (χ2v) is 6.01. The molecule has 0 aromatic rings. The average molecular weight is 324 g/mol. The van der Waals surface area contributed by atoms with E-state index in [0.717, 1.165) is 19.3 Å². The van der Waals surface area contributed by atoms with Crippen molar-refractivity contribution < 1.29 is 9.53 Å². The highest BCUT2D eigenvalue weighted by molar-refractivity contribution is 5.71. The minimum absolute atomic E-state index is 0.0117. The summed E-state index contributed by atoms with van der Waals surface area (Å²) < 4.78 is 4.93. The smallest absolute Gasteiger partial charge is 0.319 e. The first-order chi connectivity index (χ1) is 11.3. The van der Waals surface area contributed by atoms with Crippen LogP contribution in [0.25, 0.3) is 0 Å². The molecule has 23 heavy (non-hydrogen) atoms. The summed E-state index contributed by atoms with van der Waals surface area (Å²) >= 11 is 0. The summed E-state index contributed by atoms with van der Waals surface area (Å²) in [6.07, 6.45) is 23.8. The number of nitrogens with two attached hydrogens (primary N) is 1. The molecule has 0 amide bonds. The molecule has 0 spiro atoms. The molecule has 0 aromatic carbocycles. The van der Waals surface area contributed by atoms with Gasteiger partial charge in [0.1, 0.15) is 0 Å². The number of hydrogen-bond donors (Lipinski definition) is 1. The van der Waals surface area contributed by atoms with E-state index in [0.29, 0.717) is 6.61 Å². The van der Waals surface area contributed by atoms with Gasteiger partial charge >= 0.3 is 5.97 Å². The van der Waals surface area contributed by atoms with E-state index in [1.54, 1.807) is 0 Å². The fraction of sp³-hybridized carbons (Fsp3) is 0.750. The van der Waals surface area contributed by atoms with Crippen molar-refractivity contribution in [3.63, 3.8) is 0 Å². The fourth-order valence-electron chi connectivity index (χ4n) is 2.34. The zero-order valence-corrected chi connectivity index (χ0v) is 15.1. The van der Waals surface area contributed by atoms with Gasteiger partial charge in [-0.2, -0.15) is 0 Å². The first-order valence-electron chi connectivity index (χ1n) is 9.47. The lowest BCUT2D eigenvalue weighted by Gasteiger charge is -2.03. The van der Waals surface area contributed by atoms with Gasteiger partial charge in [0, 0.05) is 0 Å². The molecule has 2 N–H and O–H groups in total. The van der Waals surface area contributed by atoms with Gasteiger partial charge in [0.2, 0.25) is 0 Å². The number of ether oxygens (including phenoxy) is 1. The lowest BCUT2D eigenvalue weighted by Crippen LogP contribution is -2.17. The van der Waals surface area contributed by atoms with E-state index in [9.17, 15) is 4.79 Å². The summed E-state index contributed by atoms with van der Waals surface area (Å²) in [7, 11) is 0. The normalized spacial score (nSPS) is 11.6. The standard InChI is InChI=1S/C20H37NO2/c1-2-3-4-5-6-7-8-9-10-11-12-13-14-15-16-17-18-23-20(22)19-21/h6-7,9-10H,2-5,8,11-19,21H2,1H3. The Morgan fingerprint density at radius 3 is 2.00 bits per heavy atom. The molecule has 0 fully saturated rings. The lowest BCUT2D eigenvalue weighted by atomic mass is 10.1. The monoisotopic (exact) mass is 323 g/mol. The number of esters is 1. The highest BCUT2D eigenvalue weighted by atomic mass is 16.5. The summed E-state index contributed by atoms with van der Waals surface area (Å²) in [6, 6.07) is 0. The molecular formula is C20H37NO2. The third-order valence-electron chi connectivity index (χ3n) is 3.77. The van der Waals surface area contributed by atoms with Gasteiger partial charge in [-0.05, 0) is 38.5 Å². The Morgan fingerprint density at radius 2 is 1.39 bits per heavy atom. The molecule has 134 valence electrons. The predicted molar refractivity (Wildman–Crippen MR) is 99.4 cm³/mol. The lowest BCUT2D eigenvalue weighted by molar-refractivity contribution is -0.142. The van der Waals surface area contributed by atoms with Crippen molar-refractivity contribution in [2.75, 3.05) is 13.2 Å². The van der Waals surface area contributed by atoms with Crippen LogP contribution in [-0.2, 0) is 9.53 Å². The summed E-state index contributed by atoms with van der Waals surface area (Å²) in [5, 5.41) is 0. The molecule has 3 heteroatoms. The van der Waals surface area contributed by atoms with E-state index in [1.165, 1.54) is 57.8 Å². The van der Waals surface area contributed by atoms with Crippen molar-refractivity contribution >= 4 is 5.97 Å². The Labute approximate surface area is 143 Å². The molecule has 0 radical (unpaired) electrons. The summed E-state index contributed by atoms with van der Waals surface area (Å²) in [5.41, 5.74) is 5.16. The number of rotatable bonds is 16. The molecule has 0 aliphatic rings. The number of carbonyl (C=O) groups excluding carboxylic acids is 1. The van der Waals surface area contributed by atoms with Crippen LogP contribution in [0.2, 0.25) is 0 Å². The van der Waals surface area contributed by atoms with Gasteiger partial charge in [0.25, 0.3) is 0 Å². The van der Waals surface area contributed by atoms with Gasteiger partial charge in [-0.3, -0.25) is 4.79 Å². The Kier molecular flexibility index (Phi) is 18.1. The maximum Gasteiger partial charge on any atom is 0.319 e. The topological polar surface area (TPSA) is 52.3 Å². The second kappa shape index (κ2) is 19.0. The molecule has 0 aliphatic carbocycles. The van der Waals surface area contributed by atoms with Gasteiger partial charge in [-0.25, -0.2) is 0 Å². The van der Waals surface area contributed by atoms with Gasteiger partial charge in [0.15, 0.2) is 0 Å². The SMILES string of the molecule is CCCCCC=CCC=CCCCCCCCCOC(=O)CN. The van der Waals surface area contributed by atoms with Crippen LogP contribution in [0.3, 0.4) is 0 Å². The van der Waals surface area contributed by atoms with E-state index >= 15 is 0 Å². The molecular weight excluding hydrogens is 286 g/mol. The second-order valence-electron chi connectivity index (χ2n) is 6.01. The predicted octanol–water partition coefficient (Wildman–Crippen LogP) is 5.30. The molecule has 0 aromatic heterocycles. The van der Waals surface area contributed by atoms with E-state index in [1.807, 2.05) is 0 Å². The third kappa shape index (κ3) is 18.9. The molecule has 0 saturated heterocycles. The zero-order valence-electron chi connectivity index (χ0n) is 15.1. The Morgan fingerprint density at radius 1 is 0.826 bits per heavy atom. The maximum absolute atomic E-state index is 10.8. The van der Waals surface area contributed by atoms with Crippen LogP contribution < -0.4 is 5.73 Å². The minimum atomic E-state index is -0.299. The van der Waals surface area contributed by atoms with Crippen LogP contribution in [0.4, 0.5) is 0 Å². The van der Waals surface area contributed by atoms with Crippen molar-refractivity contribution in [2.24, 2.45) is 5.73 Å². The number of hydrogen-bond acceptors (Lipinski definition) is 3. The quantitative estimate of drug-likeness (QED) is 0.238. The first kappa shape index (κ1) is 21.9. The number of carbonyl (C=O) groups is 1. The summed E-state index contributed by atoms with van der Waals surface area (Å²) in [5.74, 6) is -0.299. The van der Waals surface area contributed by atoms with Crippen LogP contribution in [-0.4, -0.2) is 19.1 Å². The molecule has 3 nitrogen and oxygen atoms in total. The maximum atomic E-state index is 10.8. The number of unbranched alkanes of at least 4 members (excludes halogenated alkanes) is 9. The Bertz CT molecular complexity index is 311. The van der Waals surface area contributed by atoms with Crippen molar-refractivity contribution in [3.8, 4) is 0 Å². The van der Waals surface area contributed by atoms with Crippen molar-refractivity contribution in [2.45, 2.75) is 84.0 Å². The van der Waals surface area contributed by atoms with E-state index < -0.39 is 0 Å². The summed E-state index contributed by atoms with van der Waals surface area (Å²) in [6.45, 7) is 2.75. The van der Waals surface area contributed by atoms with Gasteiger partial charge in [-0.15, -0.1) is 0 Å². The van der Waals surface area contributed by atoms with Gasteiger partial charge in [0.05, 0.1) is 13.2 Å². The zero-order chi connectivity index (χ0) is 17.0. The molecule has 0 rings (SSSR count). The minimum Gasteiger partial charge on any atom is -0.465 e. The molecule has 0 unspecified atom stereocenters. The Hall–Kier alpha value is -1.09. The van der Waals surface area contributed by atoms with E-state index in [-0.39, 0.29) is 12.5 Å². The van der Waals surface area contributed by atoms with Crippen LogP contribution >= 0.6 is 0 Å². The van der Waals surface area contributed by atoms with Gasteiger partial charge in [-0.1, -0.05) is 69.8 Å². The van der Waals surface area contributed by atoms with Crippen LogP contribution in [0, 0.1) is 0 Å². The van der Waals surface area contributed by atoms with Crippen LogP contribution in [0.1, 0.15) is 84.0 Å². The van der Waals surface area contributed by atoms with Crippen LogP contribution in [0.5, 0.6) is 0 Å². The molecule has 0 aliphatic heterocycles. The van der Waals surface area contributed by atoms with Crippen LogP contribution in [0.15, 0.2) is 24.3 Å². The van der Waals surface area contributed by atoms with Gasteiger partial charge < -0.3 is 10.5 Å². The number of allylic oxidation sites excluding steroid dienone is 4. The third-order valence-corrected chi connectivity index (χ3v) is 3.77. The molecule has 0 bridgehead atoms. The highest BCUT2D eigenvalue weighted by Gasteiger charge is 1.97. The van der Waals surface area contributed by atoms with E-state index in [2.05, 4.69) is 31.2 Å². The van der Waals surface area contributed by atoms with Crippen molar-refractivity contribution in [1.29, 1.82) is 0 Å². The van der Waals surface area contributed by atoms with E-state index in [4.69, 9.17) is 10.5 Å². The first-order valence-corrected chi connectivity index (χ1v) is 9.47. The molecule has 0 saturated carbocycles. The average Bonchev–Trinajstić information content (AvgIpc) is 2.57. The summed E-state index contributed by atoms with van der Waals surface area (Å²) in [4.78, 5) is 10.8. The highest BCUT2D eigenvalue weighted by Crippen LogP contribution is 2.08. The fourth-order valence-corrected chi connectivity index (χ4v) is 2.34. The largest absolute Gasteiger partial charge is 0.465 e. The van der Waals surface area contributed by atoms with Crippen molar-refractivity contribution in [3.05, 3.63) is 24.3 Å².